The van der Waals surface area contributed by atoms with Gasteiger partial charge in [-0.2, -0.15) is 0 Å². The molecule has 0 spiro atoms. The molecular weight excluding hydrogens is 456 g/mol. The number of hydrogen-bond acceptors (Lipinski definition) is 0. The number of rotatable bonds is 27. The molecule has 0 N–H and O–H groups in total. The molecule has 2 rings (SSSR count). The predicted molar refractivity (Wildman–Crippen MR) is 173 cm³/mol. The summed E-state index contributed by atoms with van der Waals surface area (Å²) >= 11 is 0. The first-order valence-electron chi connectivity index (χ1n) is 17.4. The van der Waals surface area contributed by atoms with Crippen molar-refractivity contribution >= 4 is 10.8 Å². The largest absolute Gasteiger partial charge is 0.0654 e. The minimum absolute atomic E-state index is 1.24. The highest BCUT2D eigenvalue weighted by Gasteiger charge is 1.99. The second-order valence-electron chi connectivity index (χ2n) is 12.3. The molecule has 38 heavy (non-hydrogen) atoms. The van der Waals surface area contributed by atoms with Gasteiger partial charge in [-0.15, -0.1) is 0 Å². The van der Waals surface area contributed by atoms with E-state index in [-0.39, 0.29) is 0 Å². The molecule has 0 unspecified atom stereocenters. The molecular formula is C38H64. The van der Waals surface area contributed by atoms with Crippen LogP contribution >= 0.6 is 0 Å². The van der Waals surface area contributed by atoms with Crippen LogP contribution in [0.5, 0.6) is 0 Å². The molecule has 2 aromatic rings. The van der Waals surface area contributed by atoms with Gasteiger partial charge in [0.25, 0.3) is 0 Å². The van der Waals surface area contributed by atoms with Gasteiger partial charge in [0.2, 0.25) is 0 Å². The van der Waals surface area contributed by atoms with E-state index in [9.17, 15) is 0 Å². The van der Waals surface area contributed by atoms with Gasteiger partial charge in [-0.05, 0) is 29.2 Å². The van der Waals surface area contributed by atoms with Crippen LogP contribution in [0.1, 0.15) is 179 Å². The second-order valence-corrected chi connectivity index (χ2v) is 12.3. The lowest BCUT2D eigenvalue weighted by Crippen LogP contribution is -1.87. The molecule has 216 valence electrons. The maximum atomic E-state index is 2.38. The maximum Gasteiger partial charge on any atom is -0.0181 e. The maximum absolute atomic E-state index is 2.38. The summed E-state index contributed by atoms with van der Waals surface area (Å²) in [6.45, 7) is 2.31. The normalized spacial score (nSPS) is 11.5. The molecule has 0 saturated carbocycles. The van der Waals surface area contributed by atoms with Gasteiger partial charge in [-0.1, -0.05) is 210 Å². The molecule has 0 aliphatic rings. The smallest absolute Gasteiger partial charge is 0.0181 e. The molecule has 0 heteroatoms. The molecule has 0 fully saturated rings. The lowest BCUT2D eigenvalue weighted by molar-refractivity contribution is 0.515. The molecule has 0 bridgehead atoms. The number of hydrogen-bond donors (Lipinski definition) is 0. The first-order valence-corrected chi connectivity index (χ1v) is 17.4. The standard InChI is InChI=1S/C38H64/c1-2-3-4-5-6-7-8-9-10-11-12-13-14-15-16-17-18-19-20-21-22-23-24-25-26-27-30-36-33-34-37-31-28-29-32-38(37)35-36/h28-29,31-35H,2-27,30H2,1H3. The van der Waals surface area contributed by atoms with E-state index in [1.165, 1.54) is 190 Å². The van der Waals surface area contributed by atoms with Crippen molar-refractivity contribution in [3.8, 4) is 0 Å². The molecule has 0 saturated heterocycles. The van der Waals surface area contributed by atoms with E-state index in [1.807, 2.05) is 0 Å². The van der Waals surface area contributed by atoms with Crippen LogP contribution in [0, 0.1) is 0 Å². The first kappa shape index (κ1) is 32.9. The fourth-order valence-electron chi connectivity index (χ4n) is 6.04. The van der Waals surface area contributed by atoms with Gasteiger partial charge >= 0.3 is 0 Å². The molecule has 0 aromatic heterocycles. The van der Waals surface area contributed by atoms with Crippen LogP contribution in [0.2, 0.25) is 0 Å². The Hall–Kier alpha value is -1.30. The van der Waals surface area contributed by atoms with Crippen LogP contribution in [0.15, 0.2) is 42.5 Å². The van der Waals surface area contributed by atoms with Crippen molar-refractivity contribution in [2.45, 2.75) is 180 Å². The molecule has 0 amide bonds. The Kier molecular flexibility index (Phi) is 21.4. The van der Waals surface area contributed by atoms with Crippen molar-refractivity contribution < 1.29 is 0 Å². The quantitative estimate of drug-likeness (QED) is 0.103. The number of fused-ring (bicyclic) bond motifs is 1. The van der Waals surface area contributed by atoms with Gasteiger partial charge in [0.05, 0.1) is 0 Å². The average Bonchev–Trinajstić information content (AvgIpc) is 2.95. The lowest BCUT2D eigenvalue weighted by atomic mass is 10.0. The highest BCUT2D eigenvalue weighted by atomic mass is 14.0. The zero-order valence-corrected chi connectivity index (χ0v) is 25.6. The van der Waals surface area contributed by atoms with Crippen molar-refractivity contribution in [1.82, 2.24) is 0 Å². The van der Waals surface area contributed by atoms with Gasteiger partial charge < -0.3 is 0 Å². The predicted octanol–water partition coefficient (Wildman–Crippen LogP) is 13.5. The summed E-state index contributed by atoms with van der Waals surface area (Å²) in [5, 5.41) is 2.75. The molecule has 0 atom stereocenters. The van der Waals surface area contributed by atoms with Gasteiger partial charge in [0.1, 0.15) is 0 Å². The van der Waals surface area contributed by atoms with Crippen molar-refractivity contribution in [3.05, 3.63) is 48.0 Å². The zero-order chi connectivity index (χ0) is 26.8. The summed E-state index contributed by atoms with van der Waals surface area (Å²) in [6, 6.07) is 15.7. The van der Waals surface area contributed by atoms with Gasteiger partial charge in [-0.25, -0.2) is 0 Å². The third-order valence-electron chi connectivity index (χ3n) is 8.63. The van der Waals surface area contributed by atoms with Crippen LogP contribution < -0.4 is 0 Å². The van der Waals surface area contributed by atoms with Crippen molar-refractivity contribution in [3.63, 3.8) is 0 Å². The van der Waals surface area contributed by atoms with E-state index in [0.717, 1.165) is 0 Å². The Balaban J connectivity index is 1.21. The summed E-state index contributed by atoms with van der Waals surface area (Å²) in [4.78, 5) is 0. The number of benzene rings is 2. The molecule has 0 radical (unpaired) electrons. The minimum Gasteiger partial charge on any atom is -0.0654 e. The van der Waals surface area contributed by atoms with Gasteiger partial charge in [0.15, 0.2) is 0 Å². The third-order valence-corrected chi connectivity index (χ3v) is 8.63. The van der Waals surface area contributed by atoms with Crippen LogP contribution in [0.25, 0.3) is 10.8 Å². The fourth-order valence-corrected chi connectivity index (χ4v) is 6.04. The van der Waals surface area contributed by atoms with E-state index in [0.29, 0.717) is 0 Å². The number of aryl methyl sites for hydroxylation is 1. The lowest BCUT2D eigenvalue weighted by Gasteiger charge is -2.05. The SMILES string of the molecule is CCCCCCCCCCCCCCCCCCCCCCCCCCCCc1ccc2ccccc2c1. The third kappa shape index (κ3) is 18.1. The molecule has 0 heterocycles. The summed E-state index contributed by atoms with van der Waals surface area (Å²) in [5.74, 6) is 0. The van der Waals surface area contributed by atoms with E-state index in [1.54, 1.807) is 0 Å². The van der Waals surface area contributed by atoms with Crippen LogP contribution in [0.4, 0.5) is 0 Å². The van der Waals surface area contributed by atoms with E-state index < -0.39 is 0 Å². The number of unbranched alkanes of at least 4 members (excludes halogenated alkanes) is 25. The first-order chi connectivity index (χ1) is 18.9. The summed E-state index contributed by atoms with van der Waals surface area (Å²) in [7, 11) is 0. The Labute approximate surface area is 238 Å². The van der Waals surface area contributed by atoms with Crippen molar-refractivity contribution in [2.75, 3.05) is 0 Å². The fraction of sp³-hybridized carbons (Fsp3) is 0.737. The summed E-state index contributed by atoms with van der Waals surface area (Å²) in [5.41, 5.74) is 1.51. The van der Waals surface area contributed by atoms with E-state index >= 15 is 0 Å². The Morgan fingerprint density at radius 3 is 1.08 bits per heavy atom. The van der Waals surface area contributed by atoms with E-state index in [4.69, 9.17) is 0 Å². The summed E-state index contributed by atoms with van der Waals surface area (Å²) < 4.78 is 0. The minimum atomic E-state index is 1.24. The van der Waals surface area contributed by atoms with Gasteiger partial charge in [-0.3, -0.25) is 0 Å². The molecule has 0 nitrogen and oxygen atoms in total. The van der Waals surface area contributed by atoms with Crippen LogP contribution in [0.3, 0.4) is 0 Å². The zero-order valence-electron chi connectivity index (χ0n) is 25.6. The van der Waals surface area contributed by atoms with Crippen molar-refractivity contribution in [1.29, 1.82) is 0 Å². The van der Waals surface area contributed by atoms with Gasteiger partial charge in [0, 0.05) is 0 Å². The highest BCUT2D eigenvalue weighted by Crippen LogP contribution is 2.19. The molecule has 2 aromatic carbocycles. The summed E-state index contributed by atoms with van der Waals surface area (Å²) in [6.07, 6.45) is 39.2. The monoisotopic (exact) mass is 521 g/mol. The molecule has 0 aliphatic carbocycles. The average molecular weight is 521 g/mol. The Bertz CT molecular complexity index is 759. The molecule has 0 aliphatic heterocycles. The second kappa shape index (κ2) is 24.7. The Morgan fingerprint density at radius 1 is 0.342 bits per heavy atom. The Morgan fingerprint density at radius 2 is 0.684 bits per heavy atom. The van der Waals surface area contributed by atoms with E-state index in [2.05, 4.69) is 49.4 Å². The van der Waals surface area contributed by atoms with Crippen LogP contribution in [-0.4, -0.2) is 0 Å². The van der Waals surface area contributed by atoms with Crippen molar-refractivity contribution in [2.24, 2.45) is 0 Å². The highest BCUT2D eigenvalue weighted by molar-refractivity contribution is 5.82. The topological polar surface area (TPSA) is 0 Å². The van der Waals surface area contributed by atoms with Crippen LogP contribution in [-0.2, 0) is 6.42 Å².